The molecule has 0 spiro atoms. The van der Waals surface area contributed by atoms with Crippen LogP contribution in [-0.2, 0) is 19.3 Å². The van der Waals surface area contributed by atoms with Gasteiger partial charge in [0.05, 0.1) is 6.26 Å². The van der Waals surface area contributed by atoms with Gasteiger partial charge in [0.15, 0.2) is 11.5 Å². The van der Waals surface area contributed by atoms with Gasteiger partial charge in [-0.15, -0.1) is 11.3 Å². The molecule has 0 saturated heterocycles. The first-order valence-corrected chi connectivity index (χ1v) is 8.99. The van der Waals surface area contributed by atoms with E-state index in [0.717, 1.165) is 48.3 Å². The van der Waals surface area contributed by atoms with E-state index in [4.69, 9.17) is 8.94 Å². The Balaban J connectivity index is 1.44. The van der Waals surface area contributed by atoms with Crippen molar-refractivity contribution in [2.75, 3.05) is 0 Å². The number of hydrogen-bond acceptors (Lipinski definition) is 5. The van der Waals surface area contributed by atoms with Gasteiger partial charge in [-0.1, -0.05) is 5.16 Å². The van der Waals surface area contributed by atoms with Gasteiger partial charge in [0.2, 0.25) is 0 Å². The van der Waals surface area contributed by atoms with E-state index >= 15 is 0 Å². The second-order valence-corrected chi connectivity index (χ2v) is 7.09. The van der Waals surface area contributed by atoms with E-state index in [1.54, 1.807) is 17.6 Å². The van der Waals surface area contributed by atoms with Gasteiger partial charge in [-0.2, -0.15) is 0 Å². The van der Waals surface area contributed by atoms with E-state index in [1.807, 2.05) is 25.1 Å². The van der Waals surface area contributed by atoms with Crippen LogP contribution in [0.1, 0.15) is 40.0 Å². The van der Waals surface area contributed by atoms with Crippen LogP contribution in [0.5, 0.6) is 0 Å². The number of carbonyl (C=O) groups is 1. The van der Waals surface area contributed by atoms with Crippen molar-refractivity contribution in [1.82, 2.24) is 10.5 Å². The van der Waals surface area contributed by atoms with Gasteiger partial charge in [0.25, 0.3) is 5.91 Å². The molecule has 5 nitrogen and oxygen atoms in total. The van der Waals surface area contributed by atoms with E-state index in [1.165, 1.54) is 4.88 Å². The molecule has 0 fully saturated rings. The predicted octanol–water partition coefficient (Wildman–Crippen LogP) is 3.85. The van der Waals surface area contributed by atoms with Gasteiger partial charge in [0, 0.05) is 28.5 Å². The Morgan fingerprint density at radius 3 is 3.17 bits per heavy atom. The van der Waals surface area contributed by atoms with Gasteiger partial charge in [-0.25, -0.2) is 0 Å². The fourth-order valence-corrected chi connectivity index (χ4v) is 3.96. The zero-order valence-corrected chi connectivity index (χ0v) is 14.2. The number of nitrogens with one attached hydrogen (secondary N) is 1. The lowest BCUT2D eigenvalue weighted by Crippen LogP contribution is -2.33. The average Bonchev–Trinajstić information content (AvgIpc) is 3.30. The Morgan fingerprint density at radius 1 is 1.42 bits per heavy atom. The monoisotopic (exact) mass is 342 g/mol. The van der Waals surface area contributed by atoms with Crippen LogP contribution >= 0.6 is 11.3 Å². The van der Waals surface area contributed by atoms with Crippen molar-refractivity contribution >= 4 is 17.2 Å². The number of thiophene rings is 1. The van der Waals surface area contributed by atoms with Crippen molar-refractivity contribution < 1.29 is 13.7 Å². The quantitative estimate of drug-likeness (QED) is 0.765. The topological polar surface area (TPSA) is 68.3 Å². The van der Waals surface area contributed by atoms with Crippen LogP contribution in [0.25, 0.3) is 11.3 Å². The fourth-order valence-electron chi connectivity index (χ4n) is 3.08. The van der Waals surface area contributed by atoms with E-state index in [2.05, 4.69) is 15.9 Å². The molecular weight excluding hydrogens is 324 g/mol. The zero-order chi connectivity index (χ0) is 16.5. The molecule has 1 atom stereocenters. The second kappa shape index (κ2) is 6.28. The Hall–Kier alpha value is -2.34. The van der Waals surface area contributed by atoms with Crippen molar-refractivity contribution in [3.8, 4) is 11.3 Å². The highest BCUT2D eigenvalue weighted by Gasteiger charge is 2.28. The number of furan rings is 1. The number of rotatable bonds is 5. The molecule has 6 heteroatoms. The van der Waals surface area contributed by atoms with Crippen LogP contribution in [0.15, 0.2) is 38.8 Å². The maximum Gasteiger partial charge on any atom is 0.273 e. The lowest BCUT2D eigenvalue weighted by molar-refractivity contribution is 0.0928. The number of carbonyl (C=O) groups excluding carboxylic acids is 1. The van der Waals surface area contributed by atoms with Crippen LogP contribution < -0.4 is 5.32 Å². The first-order valence-electron chi connectivity index (χ1n) is 8.11. The summed E-state index contributed by atoms with van der Waals surface area (Å²) in [7, 11) is 0. The average molecular weight is 342 g/mol. The Kier molecular flexibility index (Phi) is 3.98. The third-order valence-corrected chi connectivity index (χ3v) is 5.36. The maximum absolute atomic E-state index is 12.5. The van der Waals surface area contributed by atoms with Gasteiger partial charge < -0.3 is 14.3 Å². The number of amides is 1. The largest absolute Gasteiger partial charge is 0.469 e. The summed E-state index contributed by atoms with van der Waals surface area (Å²) in [6.07, 6.45) is 5.02. The van der Waals surface area contributed by atoms with Crippen LogP contribution in [0.3, 0.4) is 0 Å². The molecule has 3 aromatic heterocycles. The summed E-state index contributed by atoms with van der Waals surface area (Å²) in [6, 6.07) is 5.90. The van der Waals surface area contributed by atoms with E-state index < -0.39 is 0 Å². The van der Waals surface area contributed by atoms with Gasteiger partial charge in [-0.05, 0) is 49.8 Å². The summed E-state index contributed by atoms with van der Waals surface area (Å²) in [5.41, 5.74) is 2.43. The highest BCUT2D eigenvalue weighted by molar-refractivity contribution is 7.10. The molecule has 0 radical (unpaired) electrons. The van der Waals surface area contributed by atoms with Gasteiger partial charge in [-0.3, -0.25) is 4.79 Å². The molecule has 1 aliphatic carbocycles. The third kappa shape index (κ3) is 2.78. The molecule has 0 aliphatic heterocycles. The second-order valence-electron chi connectivity index (χ2n) is 6.09. The molecule has 0 bridgehead atoms. The molecule has 1 unspecified atom stereocenters. The number of fused-ring (bicyclic) bond motifs is 3. The molecule has 124 valence electrons. The van der Waals surface area contributed by atoms with Crippen molar-refractivity contribution in [1.29, 1.82) is 0 Å². The molecule has 24 heavy (non-hydrogen) atoms. The SMILES string of the molecule is CC(CCc1ccco1)NC(=O)c1noc2c1CCc1sccc1-2. The van der Waals surface area contributed by atoms with Crippen LogP contribution in [-0.4, -0.2) is 17.1 Å². The molecule has 1 amide bonds. The zero-order valence-electron chi connectivity index (χ0n) is 13.4. The lowest BCUT2D eigenvalue weighted by Gasteiger charge is -2.14. The number of aryl methyl sites for hydroxylation is 2. The molecule has 0 aromatic carbocycles. The van der Waals surface area contributed by atoms with Crippen molar-refractivity contribution in [2.45, 2.75) is 38.6 Å². The molecular formula is C18H18N2O3S. The molecule has 1 N–H and O–H groups in total. The van der Waals surface area contributed by atoms with Crippen molar-refractivity contribution in [3.05, 3.63) is 51.7 Å². The number of aromatic nitrogens is 1. The Labute approximate surface area is 143 Å². The van der Waals surface area contributed by atoms with E-state index in [9.17, 15) is 4.79 Å². The molecule has 0 saturated carbocycles. The third-order valence-electron chi connectivity index (χ3n) is 4.38. The first kappa shape index (κ1) is 15.2. The van der Waals surface area contributed by atoms with Crippen molar-refractivity contribution in [2.24, 2.45) is 0 Å². The smallest absolute Gasteiger partial charge is 0.273 e. The molecule has 3 aromatic rings. The minimum atomic E-state index is -0.161. The normalized spacial score (nSPS) is 14.0. The van der Waals surface area contributed by atoms with E-state index in [-0.39, 0.29) is 11.9 Å². The first-order chi connectivity index (χ1) is 11.7. The summed E-state index contributed by atoms with van der Waals surface area (Å²) in [5.74, 6) is 1.52. The van der Waals surface area contributed by atoms with Crippen LogP contribution in [0.2, 0.25) is 0 Å². The highest BCUT2D eigenvalue weighted by atomic mass is 32.1. The van der Waals surface area contributed by atoms with Crippen molar-refractivity contribution in [3.63, 3.8) is 0 Å². The molecule has 4 rings (SSSR count). The summed E-state index contributed by atoms with van der Waals surface area (Å²) in [5, 5.41) is 9.10. The fraction of sp³-hybridized carbons (Fsp3) is 0.333. The van der Waals surface area contributed by atoms with E-state index in [0.29, 0.717) is 5.69 Å². The molecule has 3 heterocycles. The van der Waals surface area contributed by atoms with Crippen LogP contribution in [0.4, 0.5) is 0 Å². The van der Waals surface area contributed by atoms with Gasteiger partial charge >= 0.3 is 0 Å². The Morgan fingerprint density at radius 2 is 2.33 bits per heavy atom. The summed E-state index contributed by atoms with van der Waals surface area (Å²) < 4.78 is 10.8. The standard InChI is InChI=1S/C18H18N2O3S/c1-11(4-5-12-3-2-9-22-12)19-18(21)16-14-6-7-15-13(8-10-24-15)17(14)23-20-16/h2-3,8-11H,4-7H2,1H3,(H,19,21). The summed E-state index contributed by atoms with van der Waals surface area (Å²) >= 11 is 1.73. The predicted molar refractivity (Wildman–Crippen MR) is 91.2 cm³/mol. The van der Waals surface area contributed by atoms with Crippen LogP contribution in [0, 0.1) is 0 Å². The highest BCUT2D eigenvalue weighted by Crippen LogP contribution is 2.38. The minimum Gasteiger partial charge on any atom is -0.469 e. The lowest BCUT2D eigenvalue weighted by atomic mass is 9.95. The Bertz CT molecular complexity index is 848. The van der Waals surface area contributed by atoms with Gasteiger partial charge in [0.1, 0.15) is 5.76 Å². The number of hydrogen-bond donors (Lipinski definition) is 1. The maximum atomic E-state index is 12.5. The number of nitrogens with zero attached hydrogens (tertiary/aromatic N) is 1. The summed E-state index contributed by atoms with van der Waals surface area (Å²) in [6.45, 7) is 1.99. The molecule has 1 aliphatic rings. The summed E-state index contributed by atoms with van der Waals surface area (Å²) in [4.78, 5) is 13.8. The minimum absolute atomic E-state index is 0.0373.